The lowest BCUT2D eigenvalue weighted by Crippen LogP contribution is -2.53. The van der Waals surface area contributed by atoms with Crippen molar-refractivity contribution in [2.45, 2.75) is 18.6 Å². The molecule has 0 radical (unpaired) electrons. The predicted octanol–water partition coefficient (Wildman–Crippen LogP) is 2.22. The van der Waals surface area contributed by atoms with Crippen LogP contribution in [0.25, 0.3) is 0 Å². The van der Waals surface area contributed by atoms with Gasteiger partial charge in [-0.15, -0.1) is 0 Å². The van der Waals surface area contributed by atoms with Crippen molar-refractivity contribution >= 4 is 11.7 Å². The second-order valence-corrected chi connectivity index (χ2v) is 6.18. The van der Waals surface area contributed by atoms with Crippen molar-refractivity contribution in [3.8, 4) is 0 Å². The maximum atomic E-state index is 12.7. The highest BCUT2D eigenvalue weighted by Crippen LogP contribution is 2.30. The molecule has 1 atom stereocenters. The van der Waals surface area contributed by atoms with Gasteiger partial charge in [-0.25, -0.2) is 4.79 Å². The molecule has 8 heteroatoms. The van der Waals surface area contributed by atoms with E-state index in [0.29, 0.717) is 19.1 Å². The molecule has 3 rings (SSSR count). The molecule has 1 unspecified atom stereocenters. The predicted molar refractivity (Wildman–Crippen MR) is 84.9 cm³/mol. The molecule has 5 nitrogen and oxygen atoms in total. The summed E-state index contributed by atoms with van der Waals surface area (Å²) in [5.74, 6) is 0. The summed E-state index contributed by atoms with van der Waals surface area (Å²) in [5, 5.41) is 5.89. The maximum absolute atomic E-state index is 12.7. The van der Waals surface area contributed by atoms with Crippen LogP contribution in [0.15, 0.2) is 24.3 Å². The van der Waals surface area contributed by atoms with E-state index in [-0.39, 0.29) is 11.7 Å². The maximum Gasteiger partial charge on any atom is 0.416 e. The van der Waals surface area contributed by atoms with E-state index in [0.717, 1.165) is 44.7 Å². The highest BCUT2D eigenvalue weighted by atomic mass is 19.4. The van der Waals surface area contributed by atoms with Gasteiger partial charge < -0.3 is 15.5 Å². The highest BCUT2D eigenvalue weighted by molar-refractivity contribution is 5.89. The molecule has 2 N–H and O–H groups in total. The second-order valence-electron chi connectivity index (χ2n) is 6.18. The van der Waals surface area contributed by atoms with Gasteiger partial charge >= 0.3 is 12.2 Å². The number of nitrogens with one attached hydrogen (secondary N) is 2. The van der Waals surface area contributed by atoms with Crippen molar-refractivity contribution in [1.82, 2.24) is 15.1 Å². The molecule has 0 bridgehead atoms. The van der Waals surface area contributed by atoms with Gasteiger partial charge in [0.2, 0.25) is 0 Å². The number of hydrogen-bond acceptors (Lipinski definition) is 3. The first-order chi connectivity index (χ1) is 11.4. The monoisotopic (exact) mass is 342 g/mol. The molecular formula is C16H21F3N4O. The molecule has 0 aliphatic carbocycles. The third-order valence-electron chi connectivity index (χ3n) is 4.59. The minimum absolute atomic E-state index is 0.164. The zero-order valence-electron chi connectivity index (χ0n) is 13.3. The van der Waals surface area contributed by atoms with Crippen LogP contribution < -0.4 is 10.6 Å². The van der Waals surface area contributed by atoms with Crippen LogP contribution in [0, 0.1) is 0 Å². The van der Waals surface area contributed by atoms with Crippen LogP contribution in [-0.4, -0.2) is 61.1 Å². The number of rotatable bonds is 2. The topological polar surface area (TPSA) is 47.6 Å². The third kappa shape index (κ3) is 3.99. The molecule has 2 aliphatic heterocycles. The first kappa shape index (κ1) is 17.0. The zero-order valence-corrected chi connectivity index (χ0v) is 13.3. The summed E-state index contributed by atoms with van der Waals surface area (Å²) in [6.07, 6.45) is -3.29. The molecule has 0 aromatic heterocycles. The van der Waals surface area contributed by atoms with E-state index in [1.165, 1.54) is 12.1 Å². The Labute approximate surface area is 138 Å². The van der Waals surface area contributed by atoms with Crippen molar-refractivity contribution in [3.05, 3.63) is 29.8 Å². The number of nitrogens with zero attached hydrogens (tertiary/aromatic N) is 2. The van der Waals surface area contributed by atoms with E-state index >= 15 is 0 Å². The van der Waals surface area contributed by atoms with Crippen molar-refractivity contribution in [2.75, 3.05) is 44.6 Å². The lowest BCUT2D eigenvalue weighted by atomic mass is 10.2. The molecule has 2 aliphatic rings. The average molecular weight is 342 g/mol. The van der Waals surface area contributed by atoms with E-state index in [1.807, 2.05) is 0 Å². The highest BCUT2D eigenvalue weighted by Gasteiger charge is 2.31. The minimum Gasteiger partial charge on any atom is -0.322 e. The molecule has 1 aromatic rings. The number of amides is 2. The number of carbonyl (C=O) groups excluding carboxylic acids is 1. The van der Waals surface area contributed by atoms with Crippen LogP contribution in [0.3, 0.4) is 0 Å². The van der Waals surface area contributed by atoms with Crippen LogP contribution in [-0.2, 0) is 6.18 Å². The van der Waals surface area contributed by atoms with E-state index in [4.69, 9.17) is 0 Å². The number of hydrogen-bond donors (Lipinski definition) is 2. The molecule has 0 saturated carbocycles. The summed E-state index contributed by atoms with van der Waals surface area (Å²) in [6, 6.07) is 4.89. The molecular weight excluding hydrogens is 321 g/mol. The number of carbonyl (C=O) groups is 1. The second kappa shape index (κ2) is 6.98. The van der Waals surface area contributed by atoms with E-state index in [1.54, 1.807) is 4.90 Å². The molecule has 1 aromatic carbocycles. The van der Waals surface area contributed by atoms with Gasteiger partial charge in [0.05, 0.1) is 5.56 Å². The molecule has 24 heavy (non-hydrogen) atoms. The SMILES string of the molecule is O=C(Nc1cccc(C(F)(F)F)c1)N1CCN(C2CCNC2)CC1. The lowest BCUT2D eigenvalue weighted by Gasteiger charge is -2.37. The van der Waals surface area contributed by atoms with E-state index < -0.39 is 11.7 Å². The van der Waals surface area contributed by atoms with Crippen LogP contribution in [0.4, 0.5) is 23.7 Å². The summed E-state index contributed by atoms with van der Waals surface area (Å²) in [4.78, 5) is 16.3. The quantitative estimate of drug-likeness (QED) is 0.866. The largest absolute Gasteiger partial charge is 0.416 e. The van der Waals surface area contributed by atoms with Gasteiger partial charge in [0.15, 0.2) is 0 Å². The number of benzene rings is 1. The van der Waals surface area contributed by atoms with Crippen LogP contribution in [0.1, 0.15) is 12.0 Å². The number of anilines is 1. The molecule has 0 spiro atoms. The first-order valence-electron chi connectivity index (χ1n) is 8.11. The van der Waals surface area contributed by atoms with Crippen molar-refractivity contribution in [1.29, 1.82) is 0 Å². The van der Waals surface area contributed by atoms with Gasteiger partial charge in [0, 0.05) is 44.5 Å². The van der Waals surface area contributed by atoms with Gasteiger partial charge in [-0.2, -0.15) is 13.2 Å². The Morgan fingerprint density at radius 2 is 1.96 bits per heavy atom. The minimum atomic E-state index is -4.41. The number of piperazine rings is 1. The first-order valence-corrected chi connectivity index (χ1v) is 8.11. The van der Waals surface area contributed by atoms with Crippen LogP contribution in [0.5, 0.6) is 0 Å². The molecule has 2 heterocycles. The Kier molecular flexibility index (Phi) is 4.96. The van der Waals surface area contributed by atoms with E-state index in [9.17, 15) is 18.0 Å². The summed E-state index contributed by atoms with van der Waals surface area (Å²) in [6.45, 7) is 4.77. The smallest absolute Gasteiger partial charge is 0.322 e. The Morgan fingerprint density at radius 3 is 2.58 bits per heavy atom. The Balaban J connectivity index is 1.54. The lowest BCUT2D eigenvalue weighted by molar-refractivity contribution is -0.137. The zero-order chi connectivity index (χ0) is 17.2. The number of halogens is 3. The Morgan fingerprint density at radius 1 is 1.21 bits per heavy atom. The number of alkyl halides is 3. The van der Waals surface area contributed by atoms with Gasteiger partial charge in [-0.3, -0.25) is 4.90 Å². The van der Waals surface area contributed by atoms with Gasteiger partial charge in [-0.1, -0.05) is 6.07 Å². The Hall–Kier alpha value is -1.80. The standard InChI is InChI=1S/C16H21F3N4O/c17-16(18,19)12-2-1-3-13(10-12)21-15(24)23-8-6-22(7-9-23)14-4-5-20-11-14/h1-3,10,14,20H,4-9,11H2,(H,21,24). The molecule has 2 saturated heterocycles. The summed E-state index contributed by atoms with van der Waals surface area (Å²) < 4.78 is 38.2. The van der Waals surface area contributed by atoms with Crippen molar-refractivity contribution in [3.63, 3.8) is 0 Å². The summed E-state index contributed by atoms with van der Waals surface area (Å²) in [5.41, 5.74) is -0.601. The van der Waals surface area contributed by atoms with Crippen molar-refractivity contribution < 1.29 is 18.0 Å². The fourth-order valence-electron chi connectivity index (χ4n) is 3.22. The average Bonchev–Trinajstić information content (AvgIpc) is 3.09. The third-order valence-corrected chi connectivity index (χ3v) is 4.59. The van der Waals surface area contributed by atoms with Gasteiger partial charge in [0.1, 0.15) is 0 Å². The summed E-state index contributed by atoms with van der Waals surface area (Å²) >= 11 is 0. The fraction of sp³-hybridized carbons (Fsp3) is 0.562. The molecule has 2 amide bonds. The van der Waals surface area contributed by atoms with Crippen molar-refractivity contribution in [2.24, 2.45) is 0 Å². The normalized spacial score (nSPS) is 22.6. The van der Waals surface area contributed by atoms with E-state index in [2.05, 4.69) is 15.5 Å². The van der Waals surface area contributed by atoms with Crippen LogP contribution in [0.2, 0.25) is 0 Å². The molecule has 2 fully saturated rings. The van der Waals surface area contributed by atoms with Crippen LogP contribution >= 0.6 is 0 Å². The number of urea groups is 1. The van der Waals surface area contributed by atoms with Gasteiger partial charge in [0.25, 0.3) is 0 Å². The summed E-state index contributed by atoms with van der Waals surface area (Å²) in [7, 11) is 0. The fourth-order valence-corrected chi connectivity index (χ4v) is 3.22. The van der Waals surface area contributed by atoms with Gasteiger partial charge in [-0.05, 0) is 31.2 Å². The molecule has 132 valence electrons. The Bertz CT molecular complexity index is 579.